The first-order valence-corrected chi connectivity index (χ1v) is 6.01. The van der Waals surface area contributed by atoms with Crippen LogP contribution in [0.2, 0.25) is 0 Å². The van der Waals surface area contributed by atoms with Gasteiger partial charge in [-0.3, -0.25) is 0 Å². The van der Waals surface area contributed by atoms with Gasteiger partial charge in [-0.05, 0) is 40.0 Å². The van der Waals surface area contributed by atoms with E-state index in [1.165, 1.54) is 0 Å². The van der Waals surface area contributed by atoms with Crippen LogP contribution in [-0.4, -0.2) is 46.9 Å². The molecule has 0 aromatic carbocycles. The number of hydrogen-bond acceptors (Lipinski definition) is 4. The molecule has 1 unspecified atom stereocenters. The van der Waals surface area contributed by atoms with E-state index in [9.17, 15) is 4.79 Å². The standard InChI is InChI=1S/C12H24N2O3/c1-11(2,3)17-10(16)14-6-9(7-14)5-12(4,13)8-15/h9,15H,5-8,13H2,1-4H3. The lowest BCUT2D eigenvalue weighted by Gasteiger charge is -2.42. The number of nitrogens with zero attached hydrogens (tertiary/aromatic N) is 1. The van der Waals surface area contributed by atoms with Crippen LogP contribution < -0.4 is 5.73 Å². The zero-order valence-electron chi connectivity index (χ0n) is 11.2. The molecule has 5 nitrogen and oxygen atoms in total. The normalized spacial score (nSPS) is 20.7. The molecule has 0 aromatic heterocycles. The highest BCUT2D eigenvalue weighted by Gasteiger charge is 2.36. The molecule has 100 valence electrons. The van der Waals surface area contributed by atoms with Crippen molar-refractivity contribution < 1.29 is 14.6 Å². The van der Waals surface area contributed by atoms with Gasteiger partial charge in [0, 0.05) is 18.6 Å². The van der Waals surface area contributed by atoms with E-state index < -0.39 is 11.1 Å². The van der Waals surface area contributed by atoms with Crippen LogP contribution in [0.5, 0.6) is 0 Å². The molecule has 5 heteroatoms. The predicted octanol–water partition coefficient (Wildman–Crippen LogP) is 0.953. The summed E-state index contributed by atoms with van der Waals surface area (Å²) >= 11 is 0. The van der Waals surface area contributed by atoms with Crippen LogP contribution in [0.25, 0.3) is 0 Å². The van der Waals surface area contributed by atoms with E-state index in [1.54, 1.807) is 4.90 Å². The Hall–Kier alpha value is -0.810. The Balaban J connectivity index is 2.30. The van der Waals surface area contributed by atoms with Crippen LogP contribution in [0.1, 0.15) is 34.1 Å². The zero-order valence-corrected chi connectivity index (χ0v) is 11.2. The molecule has 0 radical (unpaired) electrons. The molecule has 0 aromatic rings. The second-order valence-corrected chi connectivity index (χ2v) is 6.27. The average molecular weight is 244 g/mol. The van der Waals surface area contributed by atoms with Gasteiger partial charge < -0.3 is 20.5 Å². The van der Waals surface area contributed by atoms with Crippen molar-refractivity contribution >= 4 is 6.09 Å². The molecule has 0 saturated carbocycles. The first-order chi connectivity index (χ1) is 7.63. The number of carbonyl (C=O) groups is 1. The summed E-state index contributed by atoms with van der Waals surface area (Å²) in [6.45, 7) is 8.68. The molecule has 1 saturated heterocycles. The average Bonchev–Trinajstić information content (AvgIpc) is 2.07. The molecule has 0 bridgehead atoms. The van der Waals surface area contributed by atoms with Crippen molar-refractivity contribution in [3.05, 3.63) is 0 Å². The minimum Gasteiger partial charge on any atom is -0.444 e. The van der Waals surface area contributed by atoms with Gasteiger partial charge in [-0.25, -0.2) is 4.79 Å². The van der Waals surface area contributed by atoms with Crippen molar-refractivity contribution in [2.45, 2.75) is 45.3 Å². The third kappa shape index (κ3) is 4.52. The van der Waals surface area contributed by atoms with Gasteiger partial charge in [-0.2, -0.15) is 0 Å². The number of likely N-dealkylation sites (tertiary alicyclic amines) is 1. The van der Waals surface area contributed by atoms with Crippen LogP contribution >= 0.6 is 0 Å². The van der Waals surface area contributed by atoms with Crippen molar-refractivity contribution in [1.82, 2.24) is 4.90 Å². The van der Waals surface area contributed by atoms with Gasteiger partial charge in [0.15, 0.2) is 0 Å². The van der Waals surface area contributed by atoms with Crippen LogP contribution in [0.15, 0.2) is 0 Å². The summed E-state index contributed by atoms with van der Waals surface area (Å²) in [6.07, 6.45) is 0.458. The summed E-state index contributed by atoms with van der Waals surface area (Å²) in [6, 6.07) is 0. The molecule has 1 rings (SSSR count). The summed E-state index contributed by atoms with van der Waals surface area (Å²) < 4.78 is 5.25. The maximum atomic E-state index is 11.6. The second kappa shape index (κ2) is 4.82. The van der Waals surface area contributed by atoms with Crippen molar-refractivity contribution in [2.24, 2.45) is 11.7 Å². The molecule has 1 heterocycles. The number of aliphatic hydroxyl groups is 1. The fraction of sp³-hybridized carbons (Fsp3) is 0.917. The number of ether oxygens (including phenoxy) is 1. The molecule has 1 aliphatic heterocycles. The number of aliphatic hydroxyl groups excluding tert-OH is 1. The van der Waals surface area contributed by atoms with E-state index in [1.807, 2.05) is 27.7 Å². The Morgan fingerprint density at radius 3 is 2.35 bits per heavy atom. The molecule has 1 fully saturated rings. The number of nitrogens with two attached hydrogens (primary N) is 1. The number of rotatable bonds is 3. The summed E-state index contributed by atoms with van der Waals surface area (Å²) in [7, 11) is 0. The van der Waals surface area contributed by atoms with E-state index in [0.29, 0.717) is 19.0 Å². The van der Waals surface area contributed by atoms with Crippen molar-refractivity contribution in [3.8, 4) is 0 Å². The van der Waals surface area contributed by atoms with Gasteiger partial charge in [0.2, 0.25) is 0 Å². The summed E-state index contributed by atoms with van der Waals surface area (Å²) in [5.41, 5.74) is 4.87. The summed E-state index contributed by atoms with van der Waals surface area (Å²) in [5, 5.41) is 9.06. The minimum atomic E-state index is -0.551. The first kappa shape index (κ1) is 14.3. The van der Waals surface area contributed by atoms with Gasteiger partial charge in [0.25, 0.3) is 0 Å². The number of carbonyl (C=O) groups excluding carboxylic acids is 1. The Bertz CT molecular complexity index is 278. The Kier molecular flexibility index (Phi) is 4.04. The van der Waals surface area contributed by atoms with Crippen LogP contribution in [0, 0.1) is 5.92 Å². The highest BCUT2D eigenvalue weighted by molar-refractivity contribution is 5.69. The van der Waals surface area contributed by atoms with Gasteiger partial charge in [0.05, 0.1) is 6.61 Å². The number of hydrogen-bond donors (Lipinski definition) is 2. The Morgan fingerprint density at radius 2 is 1.94 bits per heavy atom. The van der Waals surface area contributed by atoms with Crippen LogP contribution in [-0.2, 0) is 4.74 Å². The monoisotopic (exact) mass is 244 g/mol. The molecular formula is C12H24N2O3. The van der Waals surface area contributed by atoms with Crippen LogP contribution in [0.3, 0.4) is 0 Å². The SMILES string of the molecule is CC(N)(CO)CC1CN(C(=O)OC(C)(C)C)C1. The smallest absolute Gasteiger partial charge is 0.410 e. The molecule has 1 amide bonds. The quantitative estimate of drug-likeness (QED) is 0.775. The predicted molar refractivity (Wildman–Crippen MR) is 65.6 cm³/mol. The van der Waals surface area contributed by atoms with Gasteiger partial charge in [-0.1, -0.05) is 0 Å². The largest absolute Gasteiger partial charge is 0.444 e. The lowest BCUT2D eigenvalue weighted by atomic mass is 9.86. The van der Waals surface area contributed by atoms with Gasteiger partial charge in [0.1, 0.15) is 5.60 Å². The number of amides is 1. The van der Waals surface area contributed by atoms with Crippen molar-refractivity contribution in [1.29, 1.82) is 0 Å². The minimum absolute atomic E-state index is 0.0318. The molecule has 3 N–H and O–H groups in total. The lowest BCUT2D eigenvalue weighted by molar-refractivity contribution is -0.00667. The van der Waals surface area contributed by atoms with Crippen molar-refractivity contribution in [3.63, 3.8) is 0 Å². The highest BCUT2D eigenvalue weighted by Crippen LogP contribution is 2.25. The third-order valence-electron chi connectivity index (χ3n) is 2.73. The third-order valence-corrected chi connectivity index (χ3v) is 2.73. The first-order valence-electron chi connectivity index (χ1n) is 6.01. The van der Waals surface area contributed by atoms with Crippen molar-refractivity contribution in [2.75, 3.05) is 19.7 Å². The molecule has 0 aliphatic carbocycles. The molecule has 1 atom stereocenters. The maximum Gasteiger partial charge on any atom is 0.410 e. The topological polar surface area (TPSA) is 75.8 Å². The lowest BCUT2D eigenvalue weighted by Crippen LogP contribution is -2.55. The second-order valence-electron chi connectivity index (χ2n) is 6.27. The maximum absolute atomic E-state index is 11.6. The molecule has 0 spiro atoms. The van der Waals surface area contributed by atoms with Gasteiger partial charge >= 0.3 is 6.09 Å². The van der Waals surface area contributed by atoms with E-state index in [-0.39, 0.29) is 12.7 Å². The van der Waals surface area contributed by atoms with Gasteiger partial charge in [-0.15, -0.1) is 0 Å². The summed E-state index contributed by atoms with van der Waals surface area (Å²) in [5.74, 6) is 0.365. The molecular weight excluding hydrogens is 220 g/mol. The molecule has 1 aliphatic rings. The van der Waals surface area contributed by atoms with E-state index in [0.717, 1.165) is 6.42 Å². The zero-order chi connectivity index (χ0) is 13.3. The fourth-order valence-electron chi connectivity index (χ4n) is 1.90. The fourth-order valence-corrected chi connectivity index (χ4v) is 1.90. The summed E-state index contributed by atoms with van der Waals surface area (Å²) in [4.78, 5) is 13.3. The van der Waals surface area contributed by atoms with E-state index in [2.05, 4.69) is 0 Å². The van der Waals surface area contributed by atoms with E-state index in [4.69, 9.17) is 15.6 Å². The molecule has 17 heavy (non-hydrogen) atoms. The van der Waals surface area contributed by atoms with E-state index >= 15 is 0 Å². The highest BCUT2D eigenvalue weighted by atomic mass is 16.6. The Morgan fingerprint density at radius 1 is 1.41 bits per heavy atom. The Labute approximate surface area is 103 Å². The van der Waals surface area contributed by atoms with Crippen LogP contribution in [0.4, 0.5) is 4.79 Å².